The lowest BCUT2D eigenvalue weighted by Gasteiger charge is -2.16. The quantitative estimate of drug-likeness (QED) is 0.563. The van der Waals surface area contributed by atoms with Gasteiger partial charge in [0.05, 0.1) is 5.69 Å². The summed E-state index contributed by atoms with van der Waals surface area (Å²) in [5.74, 6) is -0.0462. The Labute approximate surface area is 143 Å². The van der Waals surface area contributed by atoms with Gasteiger partial charge in [-0.25, -0.2) is 0 Å². The summed E-state index contributed by atoms with van der Waals surface area (Å²) >= 11 is 3.88. The molecule has 3 nitrogen and oxygen atoms in total. The fraction of sp³-hybridized carbons (Fsp3) is 0.188. The molecule has 0 aliphatic rings. The van der Waals surface area contributed by atoms with E-state index < -0.39 is 0 Å². The zero-order chi connectivity index (χ0) is 15.2. The van der Waals surface area contributed by atoms with Gasteiger partial charge in [0.1, 0.15) is 6.04 Å². The van der Waals surface area contributed by atoms with E-state index in [1.165, 1.54) is 3.57 Å². The molecule has 0 aromatic heterocycles. The molecule has 0 fully saturated rings. The molecule has 2 rings (SSSR count). The molecule has 21 heavy (non-hydrogen) atoms. The average Bonchev–Trinajstić information content (AvgIpc) is 2.50. The molecule has 1 atom stereocenters. The van der Waals surface area contributed by atoms with Crippen molar-refractivity contribution in [3.8, 4) is 0 Å². The Morgan fingerprint density at radius 3 is 2.48 bits per heavy atom. The molecular formula is C16H17IN2OS. The van der Waals surface area contributed by atoms with Gasteiger partial charge in [-0.1, -0.05) is 12.1 Å². The highest BCUT2D eigenvalue weighted by Gasteiger charge is 2.14. The van der Waals surface area contributed by atoms with Crippen LogP contribution in [0.25, 0.3) is 0 Å². The topological polar surface area (TPSA) is 41.1 Å². The summed E-state index contributed by atoms with van der Waals surface area (Å²) in [6, 6.07) is 15.5. The van der Waals surface area contributed by atoms with Gasteiger partial charge >= 0.3 is 0 Å². The number of rotatable bonds is 5. The van der Waals surface area contributed by atoms with Crippen molar-refractivity contribution in [1.29, 1.82) is 0 Å². The van der Waals surface area contributed by atoms with Gasteiger partial charge in [-0.05, 0) is 72.2 Å². The molecule has 2 aromatic carbocycles. The molecule has 0 unspecified atom stereocenters. The third-order valence-electron chi connectivity index (χ3n) is 2.99. The summed E-state index contributed by atoms with van der Waals surface area (Å²) in [6.07, 6.45) is 2.00. The minimum absolute atomic E-state index is 0.0462. The van der Waals surface area contributed by atoms with Crippen molar-refractivity contribution in [3.63, 3.8) is 0 Å². The van der Waals surface area contributed by atoms with Gasteiger partial charge in [-0.15, -0.1) is 11.8 Å². The zero-order valence-corrected chi connectivity index (χ0v) is 14.9. The van der Waals surface area contributed by atoms with Crippen LogP contribution < -0.4 is 10.6 Å². The zero-order valence-electron chi connectivity index (χ0n) is 11.9. The van der Waals surface area contributed by atoms with Gasteiger partial charge < -0.3 is 10.6 Å². The first-order valence-electron chi connectivity index (χ1n) is 6.56. The fourth-order valence-electron chi connectivity index (χ4n) is 1.85. The van der Waals surface area contributed by atoms with E-state index in [0.717, 1.165) is 16.3 Å². The smallest absolute Gasteiger partial charge is 0.246 e. The molecular weight excluding hydrogens is 395 g/mol. The summed E-state index contributed by atoms with van der Waals surface area (Å²) in [6.45, 7) is 1.86. The minimum atomic E-state index is -0.306. The van der Waals surface area contributed by atoms with E-state index in [1.54, 1.807) is 11.8 Å². The number of para-hydroxylation sites is 1. The van der Waals surface area contributed by atoms with Crippen molar-refractivity contribution in [2.24, 2.45) is 0 Å². The van der Waals surface area contributed by atoms with Crippen molar-refractivity contribution in [1.82, 2.24) is 0 Å². The highest BCUT2D eigenvalue weighted by Crippen LogP contribution is 2.24. The molecule has 0 bridgehead atoms. The Hall–Kier alpha value is -1.21. The van der Waals surface area contributed by atoms with Gasteiger partial charge in [0.15, 0.2) is 0 Å². The number of carbonyl (C=O) groups excluding carboxylic acids is 1. The monoisotopic (exact) mass is 412 g/mol. The molecule has 110 valence electrons. The summed E-state index contributed by atoms with van der Waals surface area (Å²) in [7, 11) is 0. The van der Waals surface area contributed by atoms with E-state index >= 15 is 0 Å². The number of anilines is 2. The normalized spacial score (nSPS) is 11.8. The van der Waals surface area contributed by atoms with Crippen LogP contribution in [-0.2, 0) is 4.79 Å². The van der Waals surface area contributed by atoms with Gasteiger partial charge in [0, 0.05) is 14.2 Å². The van der Waals surface area contributed by atoms with Crippen LogP contribution in [-0.4, -0.2) is 18.2 Å². The van der Waals surface area contributed by atoms with Crippen molar-refractivity contribution < 1.29 is 4.79 Å². The molecule has 1 amide bonds. The highest BCUT2D eigenvalue weighted by molar-refractivity contribution is 14.1. The standard InChI is InChI=1S/C16H17IN2OS/c1-11(18-13-9-7-12(17)8-10-13)16(20)19-14-5-3-4-6-15(14)21-2/h3-11,18H,1-2H3,(H,19,20)/t11-/m1/s1. The lowest BCUT2D eigenvalue weighted by molar-refractivity contribution is -0.116. The molecule has 0 aliphatic heterocycles. The van der Waals surface area contributed by atoms with Crippen LogP contribution in [0.2, 0.25) is 0 Å². The number of thioether (sulfide) groups is 1. The summed E-state index contributed by atoms with van der Waals surface area (Å²) in [4.78, 5) is 13.3. The van der Waals surface area contributed by atoms with E-state index in [9.17, 15) is 4.79 Å². The van der Waals surface area contributed by atoms with Crippen molar-refractivity contribution in [3.05, 3.63) is 52.1 Å². The van der Waals surface area contributed by atoms with Gasteiger partial charge in [0.25, 0.3) is 0 Å². The Morgan fingerprint density at radius 2 is 1.81 bits per heavy atom. The molecule has 2 aromatic rings. The van der Waals surface area contributed by atoms with Crippen LogP contribution in [0.4, 0.5) is 11.4 Å². The lowest BCUT2D eigenvalue weighted by atomic mass is 10.2. The Balaban J connectivity index is 2.01. The second-order valence-electron chi connectivity index (χ2n) is 4.56. The van der Waals surface area contributed by atoms with E-state index in [4.69, 9.17) is 0 Å². The van der Waals surface area contributed by atoms with Gasteiger partial charge in [0.2, 0.25) is 5.91 Å². The maximum atomic E-state index is 12.3. The number of nitrogens with one attached hydrogen (secondary N) is 2. The number of benzene rings is 2. The van der Waals surface area contributed by atoms with Crippen LogP contribution in [0.3, 0.4) is 0 Å². The van der Waals surface area contributed by atoms with Crippen LogP contribution in [0.5, 0.6) is 0 Å². The molecule has 0 saturated carbocycles. The predicted molar refractivity (Wildman–Crippen MR) is 99.1 cm³/mol. The molecule has 0 saturated heterocycles. The largest absolute Gasteiger partial charge is 0.374 e. The van der Waals surface area contributed by atoms with E-state index in [-0.39, 0.29) is 11.9 Å². The summed E-state index contributed by atoms with van der Waals surface area (Å²) in [5.41, 5.74) is 1.79. The number of halogens is 1. The summed E-state index contributed by atoms with van der Waals surface area (Å²) < 4.78 is 1.17. The third kappa shape index (κ3) is 4.64. The van der Waals surface area contributed by atoms with Crippen LogP contribution in [0.1, 0.15) is 6.92 Å². The van der Waals surface area contributed by atoms with E-state index in [2.05, 4.69) is 33.2 Å². The van der Waals surface area contributed by atoms with Crippen molar-refractivity contribution >= 4 is 51.6 Å². The summed E-state index contributed by atoms with van der Waals surface area (Å²) in [5, 5.41) is 6.17. The Kier molecular flexibility index (Phi) is 5.93. The second-order valence-corrected chi connectivity index (χ2v) is 6.66. The lowest BCUT2D eigenvalue weighted by Crippen LogP contribution is -2.32. The Morgan fingerprint density at radius 1 is 1.14 bits per heavy atom. The Bertz CT molecular complexity index is 616. The highest BCUT2D eigenvalue weighted by atomic mass is 127. The predicted octanol–water partition coefficient (Wildman–Crippen LogP) is 4.45. The third-order valence-corrected chi connectivity index (χ3v) is 4.50. The van der Waals surface area contributed by atoms with E-state index in [1.807, 2.05) is 61.7 Å². The van der Waals surface area contributed by atoms with Gasteiger partial charge in [-0.2, -0.15) is 0 Å². The molecule has 2 N–H and O–H groups in total. The first-order valence-corrected chi connectivity index (χ1v) is 8.86. The number of hydrogen-bond donors (Lipinski definition) is 2. The SMILES string of the molecule is CSc1ccccc1NC(=O)[C@@H](C)Nc1ccc(I)cc1. The van der Waals surface area contributed by atoms with E-state index in [0.29, 0.717) is 0 Å². The second kappa shape index (κ2) is 7.70. The van der Waals surface area contributed by atoms with Crippen LogP contribution in [0, 0.1) is 3.57 Å². The molecule has 0 radical (unpaired) electrons. The first kappa shape index (κ1) is 16.2. The maximum absolute atomic E-state index is 12.3. The number of hydrogen-bond acceptors (Lipinski definition) is 3. The van der Waals surface area contributed by atoms with Crippen LogP contribution >= 0.6 is 34.4 Å². The first-order chi connectivity index (χ1) is 10.1. The van der Waals surface area contributed by atoms with Gasteiger partial charge in [-0.3, -0.25) is 4.79 Å². The molecule has 0 spiro atoms. The average molecular weight is 412 g/mol. The maximum Gasteiger partial charge on any atom is 0.246 e. The fourth-order valence-corrected chi connectivity index (χ4v) is 2.76. The van der Waals surface area contributed by atoms with Crippen LogP contribution in [0.15, 0.2) is 53.4 Å². The number of amides is 1. The molecule has 0 aliphatic carbocycles. The molecule has 0 heterocycles. The van der Waals surface area contributed by atoms with Crippen molar-refractivity contribution in [2.75, 3.05) is 16.9 Å². The van der Waals surface area contributed by atoms with Crippen molar-refractivity contribution in [2.45, 2.75) is 17.9 Å². The minimum Gasteiger partial charge on any atom is -0.374 e. The molecule has 5 heteroatoms. The number of carbonyl (C=O) groups is 1.